The van der Waals surface area contributed by atoms with Gasteiger partial charge in [0.05, 0.1) is 0 Å². The van der Waals surface area contributed by atoms with E-state index < -0.39 is 11.9 Å². The van der Waals surface area contributed by atoms with Gasteiger partial charge in [0.25, 0.3) is 0 Å². The second kappa shape index (κ2) is 10.7. The van der Waals surface area contributed by atoms with E-state index in [1.54, 1.807) is 24.1 Å². The molecule has 0 aromatic heterocycles. The van der Waals surface area contributed by atoms with Crippen molar-refractivity contribution in [3.05, 3.63) is 46.3 Å². The van der Waals surface area contributed by atoms with Crippen molar-refractivity contribution in [1.29, 1.82) is 0 Å². The number of halogens is 2. The first kappa shape index (κ1) is 23.3. The molecule has 1 saturated heterocycles. The van der Waals surface area contributed by atoms with Gasteiger partial charge in [-0.1, -0.05) is 31.5 Å². The van der Waals surface area contributed by atoms with Gasteiger partial charge in [-0.15, -0.1) is 5.06 Å². The third-order valence-electron chi connectivity index (χ3n) is 4.86. The number of aryl methyl sites for hydroxylation is 1. The first-order valence-electron chi connectivity index (χ1n) is 9.72. The lowest BCUT2D eigenvalue weighted by Crippen LogP contribution is -2.46. The predicted octanol–water partition coefficient (Wildman–Crippen LogP) is 3.81. The van der Waals surface area contributed by atoms with Gasteiger partial charge < -0.3 is 9.94 Å². The van der Waals surface area contributed by atoms with Crippen LogP contribution >= 0.6 is 11.6 Å². The Morgan fingerprint density at radius 2 is 2.00 bits per heavy atom. The van der Waals surface area contributed by atoms with Gasteiger partial charge in [-0.05, 0) is 37.3 Å². The van der Waals surface area contributed by atoms with E-state index in [4.69, 9.17) is 21.5 Å². The lowest BCUT2D eigenvalue weighted by Gasteiger charge is -2.38. The molecular formula is C21H28ClFN2O4. The number of aliphatic carboxylic acids is 1. The number of carbonyl (C=O) groups is 2. The number of nitrogens with zero attached hydrogens (tertiary/aromatic N) is 2. The fourth-order valence-electron chi connectivity index (χ4n) is 3.47. The fourth-order valence-corrected chi connectivity index (χ4v) is 3.68. The normalized spacial score (nSPS) is 16.1. The Morgan fingerprint density at radius 1 is 1.34 bits per heavy atom. The number of carbonyl (C=O) groups excluding carboxylic acids is 1. The lowest BCUT2D eigenvalue weighted by molar-refractivity contribution is -0.191. The Morgan fingerprint density at radius 3 is 2.59 bits per heavy atom. The minimum atomic E-state index is -1.20. The van der Waals surface area contributed by atoms with Crippen LogP contribution in [0.25, 0.3) is 0 Å². The molecule has 29 heavy (non-hydrogen) atoms. The highest BCUT2D eigenvalue weighted by atomic mass is 35.5. The summed E-state index contributed by atoms with van der Waals surface area (Å²) >= 11 is 6.27. The fraction of sp³-hybridized carbons (Fsp3) is 0.524. The van der Waals surface area contributed by atoms with E-state index in [1.807, 2.05) is 0 Å². The SMILES string of the molecule is Cc1ccc(Cl)c(CN(CC(C)C)C2CCN(OC(=O)/C=C/C(=O)O)CC2)c1F. The van der Waals surface area contributed by atoms with E-state index >= 15 is 0 Å². The highest BCUT2D eigenvalue weighted by Gasteiger charge is 2.28. The van der Waals surface area contributed by atoms with E-state index in [1.165, 1.54) is 0 Å². The van der Waals surface area contributed by atoms with E-state index in [0.717, 1.165) is 31.5 Å². The molecule has 1 heterocycles. The van der Waals surface area contributed by atoms with Crippen molar-refractivity contribution in [3.63, 3.8) is 0 Å². The Hall–Kier alpha value is -1.96. The molecule has 0 spiro atoms. The second-order valence-electron chi connectivity index (χ2n) is 7.72. The number of rotatable bonds is 8. The van der Waals surface area contributed by atoms with E-state index in [2.05, 4.69) is 18.7 Å². The highest BCUT2D eigenvalue weighted by molar-refractivity contribution is 6.31. The van der Waals surface area contributed by atoms with E-state index in [9.17, 15) is 14.0 Å². The molecule has 1 N–H and O–H groups in total. The van der Waals surface area contributed by atoms with Crippen molar-refractivity contribution in [2.45, 2.75) is 46.2 Å². The number of piperidine rings is 1. The van der Waals surface area contributed by atoms with Crippen molar-refractivity contribution in [1.82, 2.24) is 9.96 Å². The van der Waals surface area contributed by atoms with Crippen LogP contribution in [0.4, 0.5) is 4.39 Å². The first-order chi connectivity index (χ1) is 13.7. The molecule has 0 radical (unpaired) electrons. The first-order valence-corrected chi connectivity index (χ1v) is 10.1. The molecule has 1 fully saturated rings. The van der Waals surface area contributed by atoms with Crippen molar-refractivity contribution in [2.24, 2.45) is 5.92 Å². The minimum absolute atomic E-state index is 0.206. The molecule has 1 aromatic carbocycles. The largest absolute Gasteiger partial charge is 0.478 e. The Balaban J connectivity index is 2.01. The molecule has 0 unspecified atom stereocenters. The number of hydroxylamine groups is 2. The number of carboxylic acids is 1. The van der Waals surface area contributed by atoms with Crippen LogP contribution < -0.4 is 0 Å². The van der Waals surface area contributed by atoms with Gasteiger partial charge in [0, 0.05) is 55.0 Å². The summed E-state index contributed by atoms with van der Waals surface area (Å²) in [6, 6.07) is 3.62. The zero-order valence-corrected chi connectivity index (χ0v) is 17.8. The summed E-state index contributed by atoms with van der Waals surface area (Å²) in [7, 11) is 0. The zero-order valence-electron chi connectivity index (χ0n) is 17.0. The summed E-state index contributed by atoms with van der Waals surface area (Å²) in [6.45, 7) is 8.24. The Bertz CT molecular complexity index is 761. The maximum Gasteiger partial charge on any atom is 0.349 e. The van der Waals surface area contributed by atoms with Gasteiger partial charge in [-0.3, -0.25) is 4.90 Å². The van der Waals surface area contributed by atoms with Crippen LogP contribution in [0, 0.1) is 18.7 Å². The van der Waals surface area contributed by atoms with E-state index in [-0.39, 0.29) is 11.9 Å². The summed E-state index contributed by atoms with van der Waals surface area (Å²) in [5, 5.41) is 10.5. The molecule has 0 amide bonds. The van der Waals surface area contributed by atoms with Gasteiger partial charge >= 0.3 is 11.9 Å². The summed E-state index contributed by atoms with van der Waals surface area (Å²) < 4.78 is 14.6. The standard InChI is InChI=1S/C21H28ClFN2O4/c1-14(2)12-24(13-17-18(22)5-4-15(3)21(17)23)16-8-10-25(11-9-16)29-20(28)7-6-19(26)27/h4-7,14,16H,8-13H2,1-3H3,(H,26,27)/b7-6+. The van der Waals surface area contributed by atoms with Crippen LogP contribution in [0.2, 0.25) is 5.02 Å². The molecular weight excluding hydrogens is 399 g/mol. The summed E-state index contributed by atoms with van der Waals surface area (Å²) in [4.78, 5) is 29.5. The molecule has 0 saturated carbocycles. The minimum Gasteiger partial charge on any atom is -0.478 e. The number of benzene rings is 1. The van der Waals surface area contributed by atoms with Crippen LogP contribution in [0.1, 0.15) is 37.8 Å². The number of hydrogen-bond donors (Lipinski definition) is 1. The van der Waals surface area contributed by atoms with Crippen molar-refractivity contribution >= 4 is 23.5 Å². The van der Waals surface area contributed by atoms with Gasteiger partial charge in [-0.25, -0.2) is 14.0 Å². The Labute approximate surface area is 175 Å². The predicted molar refractivity (Wildman–Crippen MR) is 109 cm³/mol. The molecule has 1 aliphatic heterocycles. The third kappa shape index (κ3) is 7.10. The molecule has 0 aliphatic carbocycles. The summed E-state index contributed by atoms with van der Waals surface area (Å²) in [5.74, 6) is -1.77. The van der Waals surface area contributed by atoms with Gasteiger partial charge in [0.2, 0.25) is 0 Å². The zero-order chi connectivity index (χ0) is 21.6. The summed E-state index contributed by atoms with van der Waals surface area (Å²) in [5.41, 5.74) is 1.09. The van der Waals surface area contributed by atoms with Gasteiger partial charge in [0.15, 0.2) is 0 Å². The average Bonchev–Trinajstić information content (AvgIpc) is 2.66. The molecule has 160 valence electrons. The van der Waals surface area contributed by atoms with Crippen LogP contribution in [0.15, 0.2) is 24.3 Å². The van der Waals surface area contributed by atoms with Gasteiger partial charge in [-0.2, -0.15) is 0 Å². The maximum atomic E-state index is 14.6. The topological polar surface area (TPSA) is 70.1 Å². The van der Waals surface area contributed by atoms with Crippen molar-refractivity contribution in [3.8, 4) is 0 Å². The molecule has 1 aliphatic rings. The highest BCUT2D eigenvalue weighted by Crippen LogP contribution is 2.27. The van der Waals surface area contributed by atoms with Crippen molar-refractivity contribution < 1.29 is 23.9 Å². The van der Waals surface area contributed by atoms with Crippen LogP contribution in [0.3, 0.4) is 0 Å². The molecule has 1 aromatic rings. The van der Waals surface area contributed by atoms with Crippen LogP contribution in [-0.4, -0.2) is 52.7 Å². The monoisotopic (exact) mass is 426 g/mol. The number of hydrogen-bond acceptors (Lipinski definition) is 5. The van der Waals surface area contributed by atoms with Crippen LogP contribution in [-0.2, 0) is 21.0 Å². The van der Waals surface area contributed by atoms with Crippen molar-refractivity contribution in [2.75, 3.05) is 19.6 Å². The average molecular weight is 427 g/mol. The summed E-state index contributed by atoms with van der Waals surface area (Å²) in [6.07, 6.45) is 3.13. The molecule has 6 nitrogen and oxygen atoms in total. The number of carboxylic acid groups (broad SMARTS) is 1. The van der Waals surface area contributed by atoms with Crippen LogP contribution in [0.5, 0.6) is 0 Å². The van der Waals surface area contributed by atoms with Gasteiger partial charge in [0.1, 0.15) is 5.82 Å². The quantitative estimate of drug-likeness (QED) is 0.637. The molecule has 2 rings (SSSR count). The molecule has 0 atom stereocenters. The molecule has 8 heteroatoms. The smallest absolute Gasteiger partial charge is 0.349 e. The maximum absolute atomic E-state index is 14.6. The molecule has 0 bridgehead atoms. The second-order valence-corrected chi connectivity index (χ2v) is 8.13. The lowest BCUT2D eigenvalue weighted by atomic mass is 10.0. The van der Waals surface area contributed by atoms with E-state index in [0.29, 0.717) is 41.7 Å². The Kier molecular flexibility index (Phi) is 8.61. The third-order valence-corrected chi connectivity index (χ3v) is 5.21.